The molecule has 3 atom stereocenters. The van der Waals surface area contributed by atoms with E-state index in [0.717, 1.165) is 22.3 Å². The fourth-order valence-corrected chi connectivity index (χ4v) is 5.06. The van der Waals surface area contributed by atoms with Crippen molar-refractivity contribution in [3.63, 3.8) is 0 Å². The van der Waals surface area contributed by atoms with Gasteiger partial charge in [0.1, 0.15) is 12.6 Å². The summed E-state index contributed by atoms with van der Waals surface area (Å²) in [6.45, 7) is 2.64. The molecule has 2 amide bonds. The first-order valence-corrected chi connectivity index (χ1v) is 12.1. The number of rotatable bonds is 8. The molecule has 186 valence electrons. The number of likely N-dealkylation sites (N-methyl/N-ethyl adjacent to an activating group) is 1. The summed E-state index contributed by atoms with van der Waals surface area (Å²) in [6.07, 6.45) is 0.447. The van der Waals surface area contributed by atoms with Crippen LogP contribution in [-0.4, -0.2) is 66.4 Å². The van der Waals surface area contributed by atoms with E-state index in [-0.39, 0.29) is 43.4 Å². The van der Waals surface area contributed by atoms with Gasteiger partial charge in [-0.1, -0.05) is 48.5 Å². The molecular formula is C27H32N2O6. The number of fused-ring (bicyclic) bond motifs is 3. The molecule has 2 aliphatic rings. The number of hydrogen-bond acceptors (Lipinski definition) is 5. The second-order valence-corrected chi connectivity index (χ2v) is 9.26. The number of nitrogens with zero attached hydrogens (tertiary/aromatic N) is 1. The van der Waals surface area contributed by atoms with Crippen LogP contribution >= 0.6 is 0 Å². The van der Waals surface area contributed by atoms with E-state index in [4.69, 9.17) is 14.6 Å². The summed E-state index contributed by atoms with van der Waals surface area (Å²) in [6, 6.07) is 15.1. The molecule has 8 nitrogen and oxygen atoms in total. The Balaban J connectivity index is 1.42. The van der Waals surface area contributed by atoms with Gasteiger partial charge < -0.3 is 24.8 Å². The minimum atomic E-state index is -1.03. The molecule has 1 heterocycles. The first-order chi connectivity index (χ1) is 16.8. The van der Waals surface area contributed by atoms with Gasteiger partial charge in [0.25, 0.3) is 0 Å². The minimum Gasteiger partial charge on any atom is -0.481 e. The molecule has 4 rings (SSSR count). The summed E-state index contributed by atoms with van der Waals surface area (Å²) in [5.41, 5.74) is 4.43. The largest absolute Gasteiger partial charge is 0.481 e. The Morgan fingerprint density at radius 2 is 1.74 bits per heavy atom. The lowest BCUT2D eigenvalue weighted by Crippen LogP contribution is -2.52. The van der Waals surface area contributed by atoms with Crippen LogP contribution in [0.3, 0.4) is 0 Å². The van der Waals surface area contributed by atoms with Gasteiger partial charge in [0.05, 0.1) is 6.10 Å². The minimum absolute atomic E-state index is 0.0124. The van der Waals surface area contributed by atoms with Crippen molar-refractivity contribution in [3.8, 4) is 11.1 Å². The second-order valence-electron chi connectivity index (χ2n) is 9.26. The van der Waals surface area contributed by atoms with Crippen LogP contribution in [0.2, 0.25) is 0 Å². The molecule has 1 fully saturated rings. The fraction of sp³-hybridized carbons (Fsp3) is 0.444. The highest BCUT2D eigenvalue weighted by Crippen LogP contribution is 2.44. The predicted molar refractivity (Wildman–Crippen MR) is 130 cm³/mol. The quantitative estimate of drug-likeness (QED) is 0.596. The van der Waals surface area contributed by atoms with E-state index in [1.54, 1.807) is 11.9 Å². The normalized spacial score (nSPS) is 19.8. The van der Waals surface area contributed by atoms with Crippen molar-refractivity contribution < 1.29 is 29.0 Å². The number of hydrogen-bond donors (Lipinski definition) is 2. The van der Waals surface area contributed by atoms with Crippen LogP contribution in [0.1, 0.15) is 49.7 Å². The van der Waals surface area contributed by atoms with Crippen LogP contribution in [-0.2, 0) is 19.1 Å². The number of carboxylic acid groups (broad SMARTS) is 1. The average molecular weight is 481 g/mol. The Kier molecular flexibility index (Phi) is 7.70. The number of alkyl carbamates (subject to hydrolysis) is 1. The maximum atomic E-state index is 13.2. The van der Waals surface area contributed by atoms with E-state index in [1.165, 1.54) is 0 Å². The molecule has 0 aromatic heterocycles. The number of aliphatic carboxylic acids is 1. The van der Waals surface area contributed by atoms with E-state index < -0.39 is 18.1 Å². The number of nitrogens with one attached hydrogen (secondary N) is 1. The summed E-state index contributed by atoms with van der Waals surface area (Å²) < 4.78 is 11.1. The van der Waals surface area contributed by atoms with Gasteiger partial charge in [-0.25, -0.2) is 4.79 Å². The zero-order chi connectivity index (χ0) is 24.9. The highest BCUT2D eigenvalue weighted by Gasteiger charge is 2.33. The number of ether oxygens (including phenoxy) is 2. The van der Waals surface area contributed by atoms with Crippen LogP contribution in [0.15, 0.2) is 48.5 Å². The van der Waals surface area contributed by atoms with Gasteiger partial charge in [0.2, 0.25) is 5.91 Å². The van der Waals surface area contributed by atoms with E-state index in [0.29, 0.717) is 19.4 Å². The third-order valence-corrected chi connectivity index (χ3v) is 6.93. The lowest BCUT2D eigenvalue weighted by molar-refractivity contribution is -0.139. The van der Waals surface area contributed by atoms with Gasteiger partial charge in [-0.2, -0.15) is 0 Å². The van der Waals surface area contributed by atoms with Crippen LogP contribution < -0.4 is 5.32 Å². The maximum absolute atomic E-state index is 13.2. The lowest BCUT2D eigenvalue weighted by atomic mass is 9.98. The highest BCUT2D eigenvalue weighted by atomic mass is 16.5. The topological polar surface area (TPSA) is 105 Å². The van der Waals surface area contributed by atoms with Crippen LogP contribution in [0.5, 0.6) is 0 Å². The van der Waals surface area contributed by atoms with Crippen molar-refractivity contribution in [1.82, 2.24) is 10.2 Å². The van der Waals surface area contributed by atoms with Crippen molar-refractivity contribution in [1.29, 1.82) is 0 Å². The van der Waals surface area contributed by atoms with Crippen molar-refractivity contribution in [2.75, 3.05) is 20.3 Å². The van der Waals surface area contributed by atoms with Gasteiger partial charge >= 0.3 is 12.1 Å². The zero-order valence-electron chi connectivity index (χ0n) is 20.1. The Bertz CT molecular complexity index is 1040. The summed E-state index contributed by atoms with van der Waals surface area (Å²) in [4.78, 5) is 38.8. The zero-order valence-corrected chi connectivity index (χ0v) is 20.1. The van der Waals surface area contributed by atoms with Gasteiger partial charge in [0, 0.05) is 32.0 Å². The smallest absolute Gasteiger partial charge is 0.407 e. The molecule has 0 saturated carbocycles. The standard InChI is InChI=1S/C27H32N2O6/c1-17-15-18(13-14-34-17)29(2)26(32)24(11-12-25(30)31)28-27(33)35-16-23-21-9-5-3-7-19(21)20-8-4-6-10-22(20)23/h3-10,17-18,23-24H,11-16H2,1-2H3,(H,28,33)(H,30,31). The Labute approximate surface area is 205 Å². The van der Waals surface area contributed by atoms with E-state index in [9.17, 15) is 14.4 Å². The summed E-state index contributed by atoms with van der Waals surface area (Å²) in [7, 11) is 1.69. The van der Waals surface area contributed by atoms with Crippen LogP contribution in [0.25, 0.3) is 11.1 Å². The number of amides is 2. The molecule has 0 bridgehead atoms. The molecule has 1 aliphatic heterocycles. The monoisotopic (exact) mass is 480 g/mol. The molecule has 2 aromatic rings. The Morgan fingerprint density at radius 1 is 1.11 bits per heavy atom. The number of carboxylic acids is 1. The molecule has 3 unspecified atom stereocenters. The number of carbonyl (C=O) groups excluding carboxylic acids is 2. The van der Waals surface area contributed by atoms with Gasteiger partial charge in [-0.05, 0) is 48.4 Å². The van der Waals surface area contributed by atoms with Crippen molar-refractivity contribution >= 4 is 18.0 Å². The molecule has 35 heavy (non-hydrogen) atoms. The number of benzene rings is 2. The summed E-state index contributed by atoms with van der Waals surface area (Å²) in [5.74, 6) is -1.45. The van der Waals surface area contributed by atoms with E-state index in [2.05, 4.69) is 17.4 Å². The van der Waals surface area contributed by atoms with Gasteiger partial charge in [0.15, 0.2) is 0 Å². The molecule has 1 aliphatic carbocycles. The van der Waals surface area contributed by atoms with Crippen LogP contribution in [0.4, 0.5) is 4.79 Å². The molecule has 2 aromatic carbocycles. The molecular weight excluding hydrogens is 448 g/mol. The van der Waals surface area contributed by atoms with Gasteiger partial charge in [-0.3, -0.25) is 9.59 Å². The van der Waals surface area contributed by atoms with Crippen molar-refractivity contribution in [2.24, 2.45) is 0 Å². The predicted octanol–water partition coefficient (Wildman–Crippen LogP) is 3.78. The van der Waals surface area contributed by atoms with Gasteiger partial charge in [-0.15, -0.1) is 0 Å². The Morgan fingerprint density at radius 3 is 2.34 bits per heavy atom. The van der Waals surface area contributed by atoms with Crippen LogP contribution in [0, 0.1) is 0 Å². The van der Waals surface area contributed by atoms with Crippen molar-refractivity contribution in [3.05, 3.63) is 59.7 Å². The molecule has 1 saturated heterocycles. The maximum Gasteiger partial charge on any atom is 0.407 e. The average Bonchev–Trinajstić information content (AvgIpc) is 3.18. The third-order valence-electron chi connectivity index (χ3n) is 6.93. The molecule has 8 heteroatoms. The molecule has 0 radical (unpaired) electrons. The van der Waals surface area contributed by atoms with E-state index >= 15 is 0 Å². The molecule has 0 spiro atoms. The third kappa shape index (κ3) is 5.65. The van der Waals surface area contributed by atoms with Crippen molar-refractivity contribution in [2.45, 2.75) is 56.7 Å². The first kappa shape index (κ1) is 24.7. The number of carbonyl (C=O) groups is 3. The lowest BCUT2D eigenvalue weighted by Gasteiger charge is -2.36. The molecule has 2 N–H and O–H groups in total. The highest BCUT2D eigenvalue weighted by molar-refractivity contribution is 5.86. The fourth-order valence-electron chi connectivity index (χ4n) is 5.06. The SMILES string of the molecule is CC1CC(N(C)C(=O)C(CCC(=O)O)NC(=O)OCC2c3ccccc3-c3ccccc32)CCO1. The first-order valence-electron chi connectivity index (χ1n) is 12.1. The van der Waals surface area contributed by atoms with E-state index in [1.807, 2.05) is 43.3 Å². The summed E-state index contributed by atoms with van der Waals surface area (Å²) >= 11 is 0. The summed E-state index contributed by atoms with van der Waals surface area (Å²) in [5, 5.41) is 11.8. The Hall–Kier alpha value is -3.39. The second kappa shape index (κ2) is 10.9.